The van der Waals surface area contributed by atoms with Gasteiger partial charge in [-0.25, -0.2) is 0 Å². The van der Waals surface area contributed by atoms with E-state index in [-0.39, 0.29) is 12.2 Å². The van der Waals surface area contributed by atoms with Gasteiger partial charge in [-0.1, -0.05) is 18.2 Å². The summed E-state index contributed by atoms with van der Waals surface area (Å²) in [7, 11) is 1.85. The van der Waals surface area contributed by atoms with Crippen LogP contribution < -0.4 is 0 Å². The number of fused-ring (bicyclic) bond motifs is 1. The Labute approximate surface area is 123 Å². The highest BCUT2D eigenvalue weighted by Gasteiger charge is 2.17. The highest BCUT2D eigenvalue weighted by molar-refractivity contribution is 6.06. The van der Waals surface area contributed by atoms with Crippen LogP contribution in [0.25, 0.3) is 10.9 Å². The Morgan fingerprint density at radius 3 is 2.67 bits per heavy atom. The summed E-state index contributed by atoms with van der Waals surface area (Å²) in [6.07, 6.45) is 2.19. The minimum absolute atomic E-state index is 0.000746. The van der Waals surface area contributed by atoms with E-state index in [4.69, 9.17) is 0 Å². The fourth-order valence-electron chi connectivity index (χ4n) is 2.43. The van der Waals surface area contributed by atoms with Crippen LogP contribution in [-0.2, 0) is 13.5 Å². The van der Waals surface area contributed by atoms with Crippen molar-refractivity contribution >= 4 is 16.7 Å². The zero-order chi connectivity index (χ0) is 15.0. The summed E-state index contributed by atoms with van der Waals surface area (Å²) in [5, 5.41) is 9.68. The zero-order valence-corrected chi connectivity index (χ0v) is 12.4. The molecule has 2 heterocycles. The van der Waals surface area contributed by atoms with Gasteiger partial charge in [0, 0.05) is 24.7 Å². The molecule has 0 aliphatic carbocycles. The van der Waals surface area contributed by atoms with Gasteiger partial charge in [0.2, 0.25) is 0 Å². The number of aryl methyl sites for hydroxylation is 1. The van der Waals surface area contributed by atoms with Crippen molar-refractivity contribution in [3.05, 3.63) is 47.9 Å². The van der Waals surface area contributed by atoms with Gasteiger partial charge in [-0.3, -0.25) is 14.2 Å². The Morgan fingerprint density at radius 1 is 1.19 bits per heavy atom. The van der Waals surface area contributed by atoms with Crippen LogP contribution >= 0.6 is 0 Å². The molecule has 0 N–H and O–H groups in total. The maximum Gasteiger partial charge on any atom is 0.189 e. The van der Waals surface area contributed by atoms with Crippen molar-refractivity contribution in [2.75, 3.05) is 0 Å². The number of rotatable bonds is 4. The van der Waals surface area contributed by atoms with Gasteiger partial charge in [0.25, 0.3) is 0 Å². The largest absolute Gasteiger partial charge is 0.292 e. The number of hydrogen-bond donors (Lipinski definition) is 0. The van der Waals surface area contributed by atoms with Crippen molar-refractivity contribution in [3.63, 3.8) is 0 Å². The van der Waals surface area contributed by atoms with Gasteiger partial charge >= 0.3 is 0 Å². The molecule has 0 amide bonds. The van der Waals surface area contributed by atoms with E-state index in [2.05, 4.69) is 24.0 Å². The Kier molecular flexibility index (Phi) is 3.33. The number of carbonyl (C=O) groups excluding carboxylic acids is 1. The van der Waals surface area contributed by atoms with Crippen LogP contribution in [0.4, 0.5) is 0 Å². The lowest BCUT2D eigenvalue weighted by Crippen LogP contribution is -2.08. The smallest absolute Gasteiger partial charge is 0.189 e. The second-order valence-electron chi connectivity index (χ2n) is 5.47. The first kappa shape index (κ1) is 13.5. The highest BCUT2D eigenvalue weighted by Crippen LogP contribution is 2.19. The first-order valence-electron chi connectivity index (χ1n) is 7.05. The van der Waals surface area contributed by atoms with Gasteiger partial charge < -0.3 is 0 Å². The van der Waals surface area contributed by atoms with Crippen LogP contribution in [0.15, 0.2) is 36.5 Å². The minimum Gasteiger partial charge on any atom is -0.292 e. The number of Topliss-reactive ketones (excluding diaryl/α,β-unsaturated/α-hetero) is 1. The second-order valence-corrected chi connectivity index (χ2v) is 5.47. The summed E-state index contributed by atoms with van der Waals surface area (Å²) in [5.41, 5.74) is 2.27. The van der Waals surface area contributed by atoms with Crippen molar-refractivity contribution in [1.29, 1.82) is 0 Å². The van der Waals surface area contributed by atoms with Gasteiger partial charge in [-0.05, 0) is 26.0 Å². The monoisotopic (exact) mass is 282 g/mol. The summed E-state index contributed by atoms with van der Waals surface area (Å²) >= 11 is 0. The third kappa shape index (κ3) is 2.46. The quantitative estimate of drug-likeness (QED) is 0.691. The lowest BCUT2D eigenvalue weighted by molar-refractivity contribution is 0.0987. The van der Waals surface area contributed by atoms with Crippen LogP contribution in [0.2, 0.25) is 0 Å². The average molecular weight is 282 g/mol. The minimum atomic E-state index is 0.000746. The van der Waals surface area contributed by atoms with Crippen LogP contribution in [0.1, 0.15) is 36.1 Å². The molecule has 5 heteroatoms. The van der Waals surface area contributed by atoms with E-state index in [0.717, 1.165) is 16.6 Å². The molecule has 0 spiro atoms. The summed E-state index contributed by atoms with van der Waals surface area (Å²) in [6, 6.07) is 9.96. The Balaban J connectivity index is 1.90. The standard InChI is InChI=1S/C16H18N4O/c1-11(2)20-9-8-12(17-20)10-15(21)16-13-6-4-5-7-14(13)19(3)18-16/h4-9,11H,10H2,1-3H3. The predicted octanol–water partition coefficient (Wildman–Crippen LogP) is 2.78. The van der Waals surface area contributed by atoms with Crippen molar-refractivity contribution in [2.45, 2.75) is 26.3 Å². The average Bonchev–Trinajstić information content (AvgIpc) is 3.05. The normalized spacial score (nSPS) is 11.4. The van der Waals surface area contributed by atoms with Crippen molar-refractivity contribution < 1.29 is 4.79 Å². The topological polar surface area (TPSA) is 52.7 Å². The van der Waals surface area contributed by atoms with Crippen molar-refractivity contribution in [3.8, 4) is 0 Å². The fraction of sp³-hybridized carbons (Fsp3) is 0.312. The molecule has 1 aromatic carbocycles. The van der Waals surface area contributed by atoms with Crippen LogP contribution in [0, 0.1) is 0 Å². The van der Waals surface area contributed by atoms with E-state index in [1.54, 1.807) is 4.68 Å². The number of benzene rings is 1. The summed E-state index contributed by atoms with van der Waals surface area (Å²) < 4.78 is 3.61. The lowest BCUT2D eigenvalue weighted by Gasteiger charge is -2.03. The Bertz CT molecular complexity index is 798. The molecule has 108 valence electrons. The number of ketones is 1. The number of para-hydroxylation sites is 1. The predicted molar refractivity (Wildman–Crippen MR) is 81.4 cm³/mol. The van der Waals surface area contributed by atoms with E-state index < -0.39 is 0 Å². The molecular formula is C16H18N4O. The first-order chi connectivity index (χ1) is 10.1. The molecule has 0 saturated heterocycles. The SMILES string of the molecule is CC(C)n1ccc(CC(=O)c2nn(C)c3ccccc23)n1. The van der Waals surface area contributed by atoms with Gasteiger partial charge in [-0.2, -0.15) is 10.2 Å². The molecule has 0 unspecified atom stereocenters. The molecular weight excluding hydrogens is 264 g/mol. The van der Waals surface area contributed by atoms with Crippen molar-refractivity contribution in [2.24, 2.45) is 7.05 Å². The van der Waals surface area contributed by atoms with E-state index in [1.807, 2.05) is 48.3 Å². The Hall–Kier alpha value is -2.43. The van der Waals surface area contributed by atoms with Crippen LogP contribution in [-0.4, -0.2) is 25.3 Å². The third-order valence-corrected chi connectivity index (χ3v) is 3.56. The molecule has 3 rings (SSSR count). The Morgan fingerprint density at radius 2 is 1.95 bits per heavy atom. The van der Waals surface area contributed by atoms with E-state index in [1.165, 1.54) is 0 Å². The second kappa shape index (κ2) is 5.16. The van der Waals surface area contributed by atoms with Gasteiger partial charge in [0.15, 0.2) is 5.78 Å². The van der Waals surface area contributed by atoms with Crippen LogP contribution in [0.3, 0.4) is 0 Å². The van der Waals surface area contributed by atoms with Gasteiger partial charge in [-0.15, -0.1) is 0 Å². The number of aromatic nitrogens is 4. The zero-order valence-electron chi connectivity index (χ0n) is 12.4. The molecule has 0 saturated carbocycles. The maximum atomic E-state index is 12.5. The molecule has 5 nitrogen and oxygen atoms in total. The third-order valence-electron chi connectivity index (χ3n) is 3.56. The summed E-state index contributed by atoms with van der Waals surface area (Å²) in [6.45, 7) is 4.12. The maximum absolute atomic E-state index is 12.5. The van der Waals surface area contributed by atoms with Gasteiger partial charge in [0.1, 0.15) is 5.69 Å². The molecule has 0 fully saturated rings. The highest BCUT2D eigenvalue weighted by atomic mass is 16.1. The molecule has 2 aromatic heterocycles. The molecule has 0 aliphatic rings. The van der Waals surface area contributed by atoms with E-state index in [0.29, 0.717) is 11.7 Å². The molecule has 0 aliphatic heterocycles. The molecule has 0 radical (unpaired) electrons. The lowest BCUT2D eigenvalue weighted by atomic mass is 10.1. The van der Waals surface area contributed by atoms with Gasteiger partial charge in [0.05, 0.1) is 17.6 Å². The number of hydrogen-bond acceptors (Lipinski definition) is 3. The van der Waals surface area contributed by atoms with E-state index >= 15 is 0 Å². The van der Waals surface area contributed by atoms with Crippen LogP contribution in [0.5, 0.6) is 0 Å². The first-order valence-corrected chi connectivity index (χ1v) is 7.05. The number of nitrogens with zero attached hydrogens (tertiary/aromatic N) is 4. The molecule has 3 aromatic rings. The molecule has 0 bridgehead atoms. The number of carbonyl (C=O) groups is 1. The molecule has 21 heavy (non-hydrogen) atoms. The summed E-state index contributed by atoms with van der Waals surface area (Å²) in [4.78, 5) is 12.5. The van der Waals surface area contributed by atoms with Crippen molar-refractivity contribution in [1.82, 2.24) is 19.6 Å². The molecule has 0 atom stereocenters. The fourth-order valence-corrected chi connectivity index (χ4v) is 2.43. The summed E-state index contributed by atoms with van der Waals surface area (Å²) in [5.74, 6) is 0.000746. The van der Waals surface area contributed by atoms with E-state index in [9.17, 15) is 4.79 Å².